The summed E-state index contributed by atoms with van der Waals surface area (Å²) in [6, 6.07) is 25.6. The van der Waals surface area contributed by atoms with Gasteiger partial charge in [-0.05, 0) is 79.8 Å². The molecule has 154 valence electrons. The molecule has 2 aromatic carbocycles. The Morgan fingerprint density at radius 2 is 1.74 bits per heavy atom. The van der Waals surface area contributed by atoms with Gasteiger partial charge in [-0.25, -0.2) is 0 Å². The first-order valence-electron chi connectivity index (χ1n) is 10.0. The van der Waals surface area contributed by atoms with Gasteiger partial charge in [0.1, 0.15) is 17.6 Å². The molecular weight excluding hydrogens is 426 g/mol. The summed E-state index contributed by atoms with van der Waals surface area (Å²) in [4.78, 5) is 6.69. The summed E-state index contributed by atoms with van der Waals surface area (Å²) in [5, 5.41) is 4.80. The van der Waals surface area contributed by atoms with E-state index in [1.54, 1.807) is 6.20 Å². The Hall–Kier alpha value is -3.15. The summed E-state index contributed by atoms with van der Waals surface area (Å²) in [6.45, 7) is 2.07. The van der Waals surface area contributed by atoms with Gasteiger partial charge in [0.15, 0.2) is 5.11 Å². The Morgan fingerprint density at radius 1 is 0.968 bits per heavy atom. The van der Waals surface area contributed by atoms with Gasteiger partial charge in [0.05, 0.1) is 11.7 Å². The molecule has 2 aromatic heterocycles. The molecule has 0 bridgehead atoms. The van der Waals surface area contributed by atoms with Gasteiger partial charge < -0.3 is 14.6 Å². The minimum absolute atomic E-state index is 0.140. The number of hydrogen-bond acceptors (Lipinski definition) is 3. The van der Waals surface area contributed by atoms with E-state index in [1.807, 2.05) is 54.6 Å². The van der Waals surface area contributed by atoms with Crippen LogP contribution in [0.15, 0.2) is 89.5 Å². The fraction of sp³-hybridized carbons (Fsp3) is 0.120. The highest BCUT2D eigenvalue weighted by Gasteiger charge is 2.42. The summed E-state index contributed by atoms with van der Waals surface area (Å²) in [5.41, 5.74) is 4.09. The monoisotopic (exact) mass is 445 g/mol. The van der Waals surface area contributed by atoms with E-state index >= 15 is 0 Å². The third-order valence-electron chi connectivity index (χ3n) is 5.46. The fourth-order valence-electron chi connectivity index (χ4n) is 3.91. The van der Waals surface area contributed by atoms with E-state index in [2.05, 4.69) is 46.4 Å². The Kier molecular flexibility index (Phi) is 5.22. The van der Waals surface area contributed by atoms with E-state index in [0.717, 1.165) is 28.5 Å². The molecule has 31 heavy (non-hydrogen) atoms. The van der Waals surface area contributed by atoms with E-state index < -0.39 is 0 Å². The average Bonchev–Trinajstić information content (AvgIpc) is 3.40. The molecule has 0 amide bonds. The molecule has 0 saturated carbocycles. The van der Waals surface area contributed by atoms with Gasteiger partial charge in [0, 0.05) is 22.5 Å². The third-order valence-corrected chi connectivity index (χ3v) is 6.02. The molecule has 1 aliphatic rings. The number of aryl methyl sites for hydroxylation is 1. The van der Waals surface area contributed by atoms with E-state index in [0.29, 0.717) is 10.1 Å². The van der Waals surface area contributed by atoms with Crippen molar-refractivity contribution in [2.45, 2.75) is 19.0 Å². The highest BCUT2D eigenvalue weighted by Crippen LogP contribution is 2.42. The molecule has 4 nitrogen and oxygen atoms in total. The summed E-state index contributed by atoms with van der Waals surface area (Å²) in [5.74, 6) is 1.60. The second-order valence-electron chi connectivity index (χ2n) is 7.54. The number of pyridine rings is 1. The number of anilines is 1. The van der Waals surface area contributed by atoms with Gasteiger partial charge >= 0.3 is 0 Å². The molecule has 0 unspecified atom stereocenters. The van der Waals surface area contributed by atoms with Crippen LogP contribution in [0.25, 0.3) is 11.3 Å². The molecule has 1 N–H and O–H groups in total. The van der Waals surface area contributed by atoms with Crippen molar-refractivity contribution in [3.63, 3.8) is 0 Å². The highest BCUT2D eigenvalue weighted by molar-refractivity contribution is 7.80. The minimum Gasteiger partial charge on any atom is -0.459 e. The highest BCUT2D eigenvalue weighted by atomic mass is 35.5. The molecule has 3 heterocycles. The van der Waals surface area contributed by atoms with Crippen molar-refractivity contribution >= 4 is 34.6 Å². The number of nitrogens with one attached hydrogen (secondary N) is 1. The van der Waals surface area contributed by atoms with Crippen molar-refractivity contribution in [1.82, 2.24) is 10.3 Å². The lowest BCUT2D eigenvalue weighted by atomic mass is 10.0. The predicted octanol–water partition coefficient (Wildman–Crippen LogP) is 6.48. The van der Waals surface area contributed by atoms with E-state index in [4.69, 9.17) is 28.2 Å². The smallest absolute Gasteiger partial charge is 0.174 e. The van der Waals surface area contributed by atoms with Crippen LogP contribution in [0.4, 0.5) is 5.69 Å². The van der Waals surface area contributed by atoms with Crippen molar-refractivity contribution in [2.24, 2.45) is 0 Å². The quantitative estimate of drug-likeness (QED) is 0.364. The predicted molar refractivity (Wildman–Crippen MR) is 128 cm³/mol. The van der Waals surface area contributed by atoms with Crippen molar-refractivity contribution < 1.29 is 4.42 Å². The van der Waals surface area contributed by atoms with Gasteiger partial charge in [-0.2, -0.15) is 0 Å². The summed E-state index contributed by atoms with van der Waals surface area (Å²) in [7, 11) is 0. The normalized spacial score (nSPS) is 18.3. The van der Waals surface area contributed by atoms with Gasteiger partial charge in [-0.1, -0.05) is 35.4 Å². The van der Waals surface area contributed by atoms with Crippen LogP contribution in [0.2, 0.25) is 5.02 Å². The number of rotatable bonds is 4. The van der Waals surface area contributed by atoms with Gasteiger partial charge in [0.2, 0.25) is 0 Å². The van der Waals surface area contributed by atoms with Crippen molar-refractivity contribution in [3.05, 3.63) is 107 Å². The topological polar surface area (TPSA) is 41.3 Å². The van der Waals surface area contributed by atoms with Gasteiger partial charge in [0.25, 0.3) is 0 Å². The third kappa shape index (κ3) is 3.82. The molecule has 0 radical (unpaired) electrons. The molecule has 0 aliphatic carbocycles. The molecular formula is C25H20ClN3OS. The van der Waals surface area contributed by atoms with Gasteiger partial charge in [-0.3, -0.25) is 4.98 Å². The summed E-state index contributed by atoms with van der Waals surface area (Å²) < 4.78 is 6.36. The number of nitrogens with zero attached hydrogens (tertiary/aromatic N) is 2. The van der Waals surface area contributed by atoms with E-state index in [9.17, 15) is 0 Å². The maximum absolute atomic E-state index is 6.36. The van der Waals surface area contributed by atoms with Crippen LogP contribution in [-0.2, 0) is 0 Å². The van der Waals surface area contributed by atoms with Crippen LogP contribution in [0, 0.1) is 6.92 Å². The van der Waals surface area contributed by atoms with Crippen LogP contribution in [0.1, 0.15) is 29.1 Å². The average molecular weight is 446 g/mol. The maximum Gasteiger partial charge on any atom is 0.174 e. The first-order chi connectivity index (χ1) is 15.1. The number of benzene rings is 2. The molecule has 2 atom stereocenters. The number of thiocarbonyl (C=S) groups is 1. The van der Waals surface area contributed by atoms with E-state index in [1.165, 1.54) is 5.56 Å². The second-order valence-corrected chi connectivity index (χ2v) is 8.36. The largest absolute Gasteiger partial charge is 0.459 e. The van der Waals surface area contributed by atoms with E-state index in [-0.39, 0.29) is 12.1 Å². The van der Waals surface area contributed by atoms with Crippen molar-refractivity contribution in [1.29, 1.82) is 0 Å². The zero-order chi connectivity index (χ0) is 21.4. The second kappa shape index (κ2) is 8.17. The van der Waals surface area contributed by atoms with Crippen LogP contribution in [0.5, 0.6) is 0 Å². The van der Waals surface area contributed by atoms with Crippen LogP contribution in [-0.4, -0.2) is 10.1 Å². The SMILES string of the molecule is Cc1ccc(N2C(=S)N[C@H](c3ccccn3)[C@H]2c2ccc(-c3ccc(Cl)cc3)o2)cc1. The molecule has 5 rings (SSSR count). The standard InChI is InChI=1S/C25H20ClN3OS/c1-16-5-11-19(12-6-16)29-24(23(28-25(29)31)20-4-2-3-15-27-20)22-14-13-21(30-22)17-7-9-18(26)10-8-17/h2-15,23-24H,1H3,(H,28,31)/t23-,24-/m1/s1. The van der Waals surface area contributed by atoms with Crippen LogP contribution in [0.3, 0.4) is 0 Å². The van der Waals surface area contributed by atoms with Crippen LogP contribution < -0.4 is 10.2 Å². The Labute approximate surface area is 191 Å². The lowest BCUT2D eigenvalue weighted by Crippen LogP contribution is -2.29. The molecule has 0 spiro atoms. The zero-order valence-electron chi connectivity index (χ0n) is 16.8. The van der Waals surface area contributed by atoms with Crippen molar-refractivity contribution in [2.75, 3.05) is 4.90 Å². The summed E-state index contributed by atoms with van der Waals surface area (Å²) in [6.07, 6.45) is 1.80. The maximum atomic E-state index is 6.36. The summed E-state index contributed by atoms with van der Waals surface area (Å²) >= 11 is 11.8. The lowest BCUT2D eigenvalue weighted by molar-refractivity contribution is 0.439. The number of halogens is 1. The fourth-order valence-corrected chi connectivity index (χ4v) is 4.38. The van der Waals surface area contributed by atoms with Gasteiger partial charge in [-0.15, -0.1) is 0 Å². The number of aromatic nitrogens is 1. The molecule has 1 aliphatic heterocycles. The zero-order valence-corrected chi connectivity index (χ0v) is 18.4. The van der Waals surface area contributed by atoms with Crippen LogP contribution >= 0.6 is 23.8 Å². The molecule has 4 aromatic rings. The minimum atomic E-state index is -0.175. The molecule has 1 saturated heterocycles. The Balaban J connectivity index is 1.59. The first kappa shape index (κ1) is 19.8. The molecule has 6 heteroatoms. The first-order valence-corrected chi connectivity index (χ1v) is 10.8. The number of furan rings is 1. The Bertz CT molecular complexity index is 1210. The molecule has 1 fully saturated rings. The number of hydrogen-bond donors (Lipinski definition) is 1. The lowest BCUT2D eigenvalue weighted by Gasteiger charge is -2.26. The van der Waals surface area contributed by atoms with Crippen molar-refractivity contribution in [3.8, 4) is 11.3 Å². The Morgan fingerprint density at radius 3 is 2.45 bits per heavy atom.